The van der Waals surface area contributed by atoms with Crippen molar-refractivity contribution < 1.29 is 9.21 Å². The normalized spacial score (nSPS) is 11.7. The van der Waals surface area contributed by atoms with E-state index in [1.165, 1.54) is 0 Å². The molecule has 0 saturated carbocycles. The van der Waals surface area contributed by atoms with E-state index in [2.05, 4.69) is 16.0 Å². The van der Waals surface area contributed by atoms with Crippen LogP contribution in [0.3, 0.4) is 0 Å². The van der Waals surface area contributed by atoms with Gasteiger partial charge in [0.25, 0.3) is 0 Å². The van der Waals surface area contributed by atoms with Gasteiger partial charge in [0.1, 0.15) is 5.76 Å². The zero-order chi connectivity index (χ0) is 13.7. The van der Waals surface area contributed by atoms with Gasteiger partial charge in [-0.2, -0.15) is 0 Å². The number of hydrogen-bond acceptors (Lipinski definition) is 3. The van der Waals surface area contributed by atoms with Gasteiger partial charge in [0.2, 0.25) is 0 Å². The van der Waals surface area contributed by atoms with E-state index in [4.69, 9.17) is 4.42 Å². The Morgan fingerprint density at radius 2 is 1.84 bits per heavy atom. The van der Waals surface area contributed by atoms with Crippen molar-refractivity contribution in [3.63, 3.8) is 0 Å². The predicted octanol–water partition coefficient (Wildman–Crippen LogP) is 3.20. The van der Waals surface area contributed by atoms with Crippen molar-refractivity contribution in [2.45, 2.75) is 13.0 Å². The molecule has 3 N–H and O–H groups in total. The Morgan fingerprint density at radius 1 is 1.16 bits per heavy atom. The lowest BCUT2D eigenvalue weighted by Gasteiger charge is -2.13. The maximum atomic E-state index is 11.1. The number of benzene rings is 1. The number of hydrogen-bond donors (Lipinski definition) is 3. The van der Waals surface area contributed by atoms with Gasteiger partial charge >= 0.3 is 6.03 Å². The second-order valence-corrected chi connectivity index (χ2v) is 4.16. The van der Waals surface area contributed by atoms with E-state index >= 15 is 0 Å². The van der Waals surface area contributed by atoms with Gasteiger partial charge in [0.15, 0.2) is 0 Å². The standard InChI is InChI=1S/C14H17N3O2/c1-10(13-4-3-9-19-13)16-11-5-7-12(8-6-11)17-14(18)15-2/h3-10,16H,1-2H3,(H2,15,17,18). The summed E-state index contributed by atoms with van der Waals surface area (Å²) in [5.74, 6) is 0.882. The minimum absolute atomic E-state index is 0.0905. The topological polar surface area (TPSA) is 66.3 Å². The molecule has 0 spiro atoms. The molecular weight excluding hydrogens is 242 g/mol. The minimum Gasteiger partial charge on any atom is -0.467 e. The number of urea groups is 1. The van der Waals surface area contributed by atoms with Crippen LogP contribution in [0.15, 0.2) is 47.1 Å². The maximum Gasteiger partial charge on any atom is 0.318 e. The lowest BCUT2D eigenvalue weighted by Crippen LogP contribution is -2.24. The average molecular weight is 259 g/mol. The molecule has 5 heteroatoms. The molecule has 1 heterocycles. The molecule has 1 atom stereocenters. The summed E-state index contributed by atoms with van der Waals surface area (Å²) in [5, 5.41) is 8.52. The van der Waals surface area contributed by atoms with Gasteiger partial charge in [-0.1, -0.05) is 0 Å². The molecule has 5 nitrogen and oxygen atoms in total. The van der Waals surface area contributed by atoms with E-state index in [-0.39, 0.29) is 12.1 Å². The summed E-state index contributed by atoms with van der Waals surface area (Å²) in [5.41, 5.74) is 1.71. The summed E-state index contributed by atoms with van der Waals surface area (Å²) in [6.07, 6.45) is 1.66. The third-order valence-corrected chi connectivity index (χ3v) is 2.72. The van der Waals surface area contributed by atoms with Crippen molar-refractivity contribution in [2.75, 3.05) is 17.7 Å². The molecular formula is C14H17N3O2. The molecule has 0 fully saturated rings. The van der Waals surface area contributed by atoms with Crippen molar-refractivity contribution in [3.8, 4) is 0 Å². The zero-order valence-electron chi connectivity index (χ0n) is 10.9. The zero-order valence-corrected chi connectivity index (χ0v) is 10.9. The van der Waals surface area contributed by atoms with Gasteiger partial charge in [-0.05, 0) is 43.3 Å². The van der Waals surface area contributed by atoms with E-state index in [1.807, 2.05) is 43.3 Å². The molecule has 100 valence electrons. The van der Waals surface area contributed by atoms with Gasteiger partial charge in [-0.15, -0.1) is 0 Å². The highest BCUT2D eigenvalue weighted by Crippen LogP contribution is 2.20. The molecule has 1 aromatic carbocycles. The average Bonchev–Trinajstić information content (AvgIpc) is 2.95. The summed E-state index contributed by atoms with van der Waals surface area (Å²) in [6.45, 7) is 2.02. The molecule has 0 aliphatic heterocycles. The van der Waals surface area contributed by atoms with Crippen LogP contribution in [0.4, 0.5) is 16.2 Å². The highest BCUT2D eigenvalue weighted by molar-refractivity contribution is 5.89. The fourth-order valence-electron chi connectivity index (χ4n) is 1.70. The summed E-state index contributed by atoms with van der Waals surface area (Å²) in [6, 6.07) is 11.1. The van der Waals surface area contributed by atoms with E-state index in [9.17, 15) is 4.79 Å². The van der Waals surface area contributed by atoms with E-state index < -0.39 is 0 Å². The van der Waals surface area contributed by atoms with Gasteiger partial charge < -0.3 is 20.4 Å². The number of anilines is 2. The molecule has 2 aromatic rings. The second kappa shape index (κ2) is 5.95. The first-order chi connectivity index (χ1) is 9.19. The van der Waals surface area contributed by atoms with Crippen molar-refractivity contribution in [3.05, 3.63) is 48.4 Å². The fourth-order valence-corrected chi connectivity index (χ4v) is 1.70. The van der Waals surface area contributed by atoms with Crippen molar-refractivity contribution in [1.82, 2.24) is 5.32 Å². The molecule has 1 aromatic heterocycles. The monoisotopic (exact) mass is 259 g/mol. The Hall–Kier alpha value is -2.43. The molecule has 0 bridgehead atoms. The first-order valence-corrected chi connectivity index (χ1v) is 6.08. The molecule has 2 amide bonds. The molecule has 0 radical (unpaired) electrons. The molecule has 0 aliphatic carbocycles. The van der Waals surface area contributed by atoms with Crippen LogP contribution in [-0.2, 0) is 0 Å². The van der Waals surface area contributed by atoms with Gasteiger partial charge in [-0.25, -0.2) is 4.79 Å². The smallest absolute Gasteiger partial charge is 0.318 e. The quantitative estimate of drug-likeness (QED) is 0.790. The Morgan fingerprint density at radius 3 is 2.42 bits per heavy atom. The number of rotatable bonds is 4. The number of carbonyl (C=O) groups excluding carboxylic acids is 1. The SMILES string of the molecule is CNC(=O)Nc1ccc(NC(C)c2ccco2)cc1. The van der Waals surface area contributed by atoms with Crippen LogP contribution < -0.4 is 16.0 Å². The second-order valence-electron chi connectivity index (χ2n) is 4.16. The number of amides is 2. The molecule has 0 saturated heterocycles. The third kappa shape index (κ3) is 3.51. The predicted molar refractivity (Wildman–Crippen MR) is 75.3 cm³/mol. The maximum absolute atomic E-state index is 11.1. The summed E-state index contributed by atoms with van der Waals surface area (Å²) >= 11 is 0. The van der Waals surface area contributed by atoms with Crippen LogP contribution in [0.25, 0.3) is 0 Å². The molecule has 0 aliphatic rings. The van der Waals surface area contributed by atoms with Crippen molar-refractivity contribution >= 4 is 17.4 Å². The summed E-state index contributed by atoms with van der Waals surface area (Å²) in [4.78, 5) is 11.1. The van der Waals surface area contributed by atoms with Crippen LogP contribution in [0, 0.1) is 0 Å². The van der Waals surface area contributed by atoms with E-state index in [0.29, 0.717) is 0 Å². The van der Waals surface area contributed by atoms with Gasteiger partial charge in [0.05, 0.1) is 12.3 Å². The summed E-state index contributed by atoms with van der Waals surface area (Å²) in [7, 11) is 1.58. The Kier molecular flexibility index (Phi) is 4.07. The molecule has 2 rings (SSSR count). The number of nitrogens with one attached hydrogen (secondary N) is 3. The molecule has 19 heavy (non-hydrogen) atoms. The number of furan rings is 1. The van der Waals surface area contributed by atoms with Crippen molar-refractivity contribution in [1.29, 1.82) is 0 Å². The minimum atomic E-state index is -0.232. The highest BCUT2D eigenvalue weighted by Gasteiger charge is 2.07. The van der Waals surface area contributed by atoms with Crippen LogP contribution in [0.2, 0.25) is 0 Å². The van der Waals surface area contributed by atoms with Crippen LogP contribution >= 0.6 is 0 Å². The summed E-state index contributed by atoms with van der Waals surface area (Å²) < 4.78 is 5.33. The number of carbonyl (C=O) groups is 1. The van der Waals surface area contributed by atoms with Gasteiger partial charge in [0, 0.05) is 18.4 Å². The van der Waals surface area contributed by atoms with Crippen LogP contribution in [-0.4, -0.2) is 13.1 Å². The Bertz CT molecular complexity index is 520. The first kappa shape index (κ1) is 13.0. The lowest BCUT2D eigenvalue weighted by atomic mass is 10.2. The van der Waals surface area contributed by atoms with Crippen LogP contribution in [0.5, 0.6) is 0 Å². The van der Waals surface area contributed by atoms with E-state index in [1.54, 1.807) is 13.3 Å². The van der Waals surface area contributed by atoms with Gasteiger partial charge in [-0.3, -0.25) is 0 Å². The van der Waals surface area contributed by atoms with E-state index in [0.717, 1.165) is 17.1 Å². The Labute approximate surface area is 112 Å². The highest BCUT2D eigenvalue weighted by atomic mass is 16.3. The fraction of sp³-hybridized carbons (Fsp3) is 0.214. The third-order valence-electron chi connectivity index (χ3n) is 2.72. The lowest BCUT2D eigenvalue weighted by molar-refractivity contribution is 0.254. The molecule has 1 unspecified atom stereocenters. The van der Waals surface area contributed by atoms with Crippen LogP contribution in [0.1, 0.15) is 18.7 Å². The first-order valence-electron chi connectivity index (χ1n) is 6.08. The largest absolute Gasteiger partial charge is 0.467 e. The van der Waals surface area contributed by atoms with Crippen molar-refractivity contribution in [2.24, 2.45) is 0 Å². The Balaban J connectivity index is 1.97.